The van der Waals surface area contributed by atoms with Crippen LogP contribution in [0.4, 0.5) is 4.39 Å². The van der Waals surface area contributed by atoms with Crippen molar-refractivity contribution in [3.63, 3.8) is 0 Å². The lowest BCUT2D eigenvalue weighted by Crippen LogP contribution is -2.39. The maximum Gasteiger partial charge on any atom is 0.235 e. The highest BCUT2D eigenvalue weighted by atomic mass is 19.1. The lowest BCUT2D eigenvalue weighted by atomic mass is 9.84. The van der Waals surface area contributed by atoms with E-state index in [2.05, 4.69) is 26.8 Å². The number of rotatable bonds is 8. The van der Waals surface area contributed by atoms with Gasteiger partial charge in [0.15, 0.2) is 11.5 Å². The second-order valence-electron chi connectivity index (χ2n) is 10.9. The largest absolute Gasteiger partial charge is 0.493 e. The average Bonchev–Trinajstić information content (AvgIpc) is 2.96. The highest BCUT2D eigenvalue weighted by Gasteiger charge is 2.23. The first kappa shape index (κ1) is 27.9. The maximum atomic E-state index is 14.0. The topological polar surface area (TPSA) is 53.7 Å². The van der Waals surface area contributed by atoms with Gasteiger partial charge in [-0.05, 0) is 47.2 Å². The van der Waals surface area contributed by atoms with Crippen LogP contribution in [-0.4, -0.2) is 19.2 Å². The van der Waals surface area contributed by atoms with E-state index in [4.69, 9.17) is 24.0 Å². The molecule has 0 saturated heterocycles. The molecule has 2 heterocycles. The van der Waals surface area contributed by atoms with Crippen molar-refractivity contribution in [3.8, 4) is 34.3 Å². The molecule has 0 unspecified atom stereocenters. The van der Waals surface area contributed by atoms with Crippen LogP contribution in [0.5, 0.6) is 23.0 Å². The molecule has 0 aliphatic carbocycles. The van der Waals surface area contributed by atoms with Crippen LogP contribution >= 0.6 is 0 Å². The van der Waals surface area contributed by atoms with Crippen molar-refractivity contribution in [2.45, 2.75) is 39.7 Å². The third kappa shape index (κ3) is 6.09. The summed E-state index contributed by atoms with van der Waals surface area (Å²) in [6.07, 6.45) is 3.65. The summed E-state index contributed by atoms with van der Waals surface area (Å²) >= 11 is 0. The third-order valence-electron chi connectivity index (χ3n) is 6.90. The summed E-state index contributed by atoms with van der Waals surface area (Å²) in [4.78, 5) is 10.4. The van der Waals surface area contributed by atoms with Crippen LogP contribution in [-0.2, 0) is 12.0 Å². The van der Waals surface area contributed by atoms with Crippen LogP contribution in [0.15, 0.2) is 85.2 Å². The Kier molecular flexibility index (Phi) is 7.79. The van der Waals surface area contributed by atoms with E-state index in [0.29, 0.717) is 35.3 Å². The Labute approximate surface area is 239 Å². The third-order valence-corrected chi connectivity index (χ3v) is 6.90. The summed E-state index contributed by atoms with van der Waals surface area (Å²) in [5.74, 6) is 1.55. The van der Waals surface area contributed by atoms with Crippen molar-refractivity contribution >= 4 is 10.9 Å². The smallest absolute Gasteiger partial charge is 0.235 e. The maximum absolute atomic E-state index is 14.0. The second-order valence-corrected chi connectivity index (χ2v) is 10.9. The van der Waals surface area contributed by atoms with E-state index < -0.39 is 5.82 Å². The van der Waals surface area contributed by atoms with Crippen molar-refractivity contribution in [1.29, 1.82) is 0 Å². The van der Waals surface area contributed by atoms with Crippen molar-refractivity contribution in [2.75, 3.05) is 14.2 Å². The zero-order valence-electron chi connectivity index (χ0n) is 24.2. The second kappa shape index (κ2) is 11.5. The number of aryl methyl sites for hydroxylation is 1. The summed E-state index contributed by atoms with van der Waals surface area (Å²) in [6.45, 7) is 8.88. The van der Waals surface area contributed by atoms with Gasteiger partial charge < -0.3 is 14.2 Å². The van der Waals surface area contributed by atoms with Gasteiger partial charge in [0, 0.05) is 28.5 Å². The van der Waals surface area contributed by atoms with E-state index in [1.807, 2.05) is 61.7 Å². The Hall–Kier alpha value is -4.65. The standard InChI is InChI=1S/C34H34FN2O4/c1-22-16-24(34(2,3)4)17-32(41-29-13-12-25(35)18-31(29)38-5)33(22)28-19-30(40-21-23-10-8-7-9-11-23)26-20-37(39-6)15-14-27(26)36-28/h7-20H,21H2,1-6H3/q+1. The van der Waals surface area contributed by atoms with Gasteiger partial charge in [-0.2, -0.15) is 0 Å². The molecule has 7 heteroatoms. The number of halogens is 1. The van der Waals surface area contributed by atoms with E-state index in [1.165, 1.54) is 19.2 Å². The van der Waals surface area contributed by atoms with Crippen molar-refractivity contribution in [3.05, 3.63) is 108 Å². The van der Waals surface area contributed by atoms with Gasteiger partial charge in [-0.1, -0.05) is 57.2 Å². The van der Waals surface area contributed by atoms with E-state index in [-0.39, 0.29) is 5.41 Å². The van der Waals surface area contributed by atoms with Gasteiger partial charge in [0.1, 0.15) is 36.4 Å². The quantitative estimate of drug-likeness (QED) is 0.188. The zero-order valence-corrected chi connectivity index (χ0v) is 24.2. The summed E-state index contributed by atoms with van der Waals surface area (Å²) in [7, 11) is 3.10. The van der Waals surface area contributed by atoms with Crippen LogP contribution in [0, 0.1) is 12.7 Å². The number of ether oxygens (including phenoxy) is 3. The molecule has 0 aliphatic heterocycles. The van der Waals surface area contributed by atoms with E-state index in [9.17, 15) is 4.39 Å². The van der Waals surface area contributed by atoms with Crippen LogP contribution in [0.1, 0.15) is 37.5 Å². The first-order chi connectivity index (χ1) is 19.7. The fraction of sp³-hybridized carbons (Fsp3) is 0.235. The molecule has 0 amide bonds. The van der Waals surface area contributed by atoms with Crippen molar-refractivity contribution in [2.24, 2.45) is 0 Å². The molecule has 0 bridgehead atoms. The normalized spacial score (nSPS) is 11.4. The van der Waals surface area contributed by atoms with Crippen LogP contribution in [0.3, 0.4) is 0 Å². The number of nitrogens with zero attached hydrogens (tertiary/aromatic N) is 2. The lowest BCUT2D eigenvalue weighted by Gasteiger charge is -2.24. The molecule has 0 saturated carbocycles. The lowest BCUT2D eigenvalue weighted by molar-refractivity contribution is -0.884. The fourth-order valence-electron chi connectivity index (χ4n) is 4.66. The van der Waals surface area contributed by atoms with Crippen molar-refractivity contribution < 1.29 is 28.2 Å². The van der Waals surface area contributed by atoms with Crippen LogP contribution in [0.25, 0.3) is 22.2 Å². The zero-order chi connectivity index (χ0) is 29.1. The Balaban J connectivity index is 1.69. The van der Waals surface area contributed by atoms with E-state index in [0.717, 1.165) is 33.2 Å². The Morgan fingerprint density at radius 1 is 0.854 bits per heavy atom. The molecular formula is C34H34FN2O4+. The minimum absolute atomic E-state index is 0.136. The van der Waals surface area contributed by atoms with Gasteiger partial charge in [0.2, 0.25) is 12.4 Å². The first-order valence-electron chi connectivity index (χ1n) is 13.4. The number of fused-ring (bicyclic) bond motifs is 1. The molecule has 3 aromatic carbocycles. The Morgan fingerprint density at radius 2 is 1.63 bits per heavy atom. The molecule has 6 nitrogen and oxygen atoms in total. The monoisotopic (exact) mass is 553 g/mol. The van der Waals surface area contributed by atoms with Gasteiger partial charge in [0.25, 0.3) is 0 Å². The van der Waals surface area contributed by atoms with E-state index in [1.54, 1.807) is 24.1 Å². The summed E-state index contributed by atoms with van der Waals surface area (Å²) < 4.78 is 33.9. The molecule has 0 spiro atoms. The molecule has 0 atom stereocenters. The number of hydrogen-bond acceptors (Lipinski definition) is 5. The van der Waals surface area contributed by atoms with Gasteiger partial charge in [0.05, 0.1) is 18.3 Å². The number of hydrogen-bond donors (Lipinski definition) is 0. The molecule has 2 aromatic heterocycles. The molecule has 210 valence electrons. The number of benzene rings is 3. The molecule has 5 aromatic rings. The van der Waals surface area contributed by atoms with Crippen molar-refractivity contribution in [1.82, 2.24) is 4.98 Å². The fourth-order valence-corrected chi connectivity index (χ4v) is 4.66. The Bertz CT molecular complexity index is 1700. The molecule has 41 heavy (non-hydrogen) atoms. The number of aromatic nitrogens is 2. The number of pyridine rings is 2. The molecule has 0 fully saturated rings. The summed E-state index contributed by atoms with van der Waals surface area (Å²) in [6, 6.07) is 22.2. The van der Waals surface area contributed by atoms with E-state index >= 15 is 0 Å². The molecule has 0 aliphatic rings. The minimum atomic E-state index is -0.404. The summed E-state index contributed by atoms with van der Waals surface area (Å²) in [5.41, 5.74) is 5.22. The van der Waals surface area contributed by atoms with Gasteiger partial charge >= 0.3 is 0 Å². The minimum Gasteiger partial charge on any atom is -0.493 e. The first-order valence-corrected chi connectivity index (χ1v) is 13.4. The van der Waals surface area contributed by atoms with Crippen LogP contribution < -0.4 is 23.8 Å². The van der Waals surface area contributed by atoms with Gasteiger partial charge in [-0.3, -0.25) is 4.84 Å². The highest BCUT2D eigenvalue weighted by Crippen LogP contribution is 2.43. The predicted octanol–water partition coefficient (Wildman–Crippen LogP) is 7.37. The van der Waals surface area contributed by atoms with Gasteiger partial charge in [-0.15, -0.1) is 0 Å². The molecular weight excluding hydrogens is 519 g/mol. The SMILES string of the molecule is COc1cc(F)ccc1Oc1cc(C(C)(C)C)cc(C)c1-c1cc(OCc2ccccc2)c2c[n+](OC)ccc2n1. The highest BCUT2D eigenvalue weighted by molar-refractivity contribution is 5.88. The van der Waals surface area contributed by atoms with Gasteiger partial charge in [-0.25, -0.2) is 9.37 Å². The Morgan fingerprint density at radius 3 is 2.34 bits per heavy atom. The number of methoxy groups -OCH3 is 1. The molecule has 0 N–H and O–H groups in total. The van der Waals surface area contributed by atoms with Crippen LogP contribution in [0.2, 0.25) is 0 Å². The predicted molar refractivity (Wildman–Crippen MR) is 157 cm³/mol. The summed E-state index contributed by atoms with van der Waals surface area (Å²) in [5, 5.41) is 0.806. The molecule has 5 rings (SSSR count). The average molecular weight is 554 g/mol. The molecule has 0 radical (unpaired) electrons.